The number of anilines is 1. The molecule has 4 heteroatoms. The van der Waals surface area contributed by atoms with Gasteiger partial charge in [0.2, 0.25) is 0 Å². The smallest absolute Gasteiger partial charge is 0.0692 e. The van der Waals surface area contributed by atoms with Crippen molar-refractivity contribution in [1.82, 2.24) is 4.98 Å². The third-order valence-corrected chi connectivity index (χ3v) is 2.66. The maximum absolute atomic E-state index is 6.16. The van der Waals surface area contributed by atoms with Gasteiger partial charge in [-0.25, -0.2) is 0 Å². The maximum Gasteiger partial charge on any atom is 0.0692 e. The topological polar surface area (TPSA) is 67.8 Å². The van der Waals surface area contributed by atoms with Crippen molar-refractivity contribution in [1.29, 1.82) is 0 Å². The minimum Gasteiger partial charge on any atom is -0.399 e. The van der Waals surface area contributed by atoms with E-state index in [-0.39, 0.29) is 0 Å². The van der Waals surface area contributed by atoms with Crippen molar-refractivity contribution in [3.8, 4) is 0 Å². The fourth-order valence-electron chi connectivity index (χ4n) is 1.55. The number of nitrogens with one attached hydrogen (secondary N) is 1. The second-order valence-electron chi connectivity index (χ2n) is 3.26. The summed E-state index contributed by atoms with van der Waals surface area (Å²) in [5, 5.41) is 1.76. The number of nitrogen functional groups attached to an aromatic ring is 1. The van der Waals surface area contributed by atoms with Crippen LogP contribution in [0, 0.1) is 0 Å². The molecule has 1 aromatic heterocycles. The lowest BCUT2D eigenvalue weighted by Gasteiger charge is -1.93. The van der Waals surface area contributed by atoms with Crippen molar-refractivity contribution < 1.29 is 0 Å². The Morgan fingerprint density at radius 3 is 2.86 bits per heavy atom. The largest absolute Gasteiger partial charge is 0.399 e. The van der Waals surface area contributed by atoms with E-state index in [2.05, 4.69) is 4.98 Å². The van der Waals surface area contributed by atoms with Crippen molar-refractivity contribution in [2.24, 2.45) is 5.73 Å². The first-order valence-electron chi connectivity index (χ1n) is 4.48. The first kappa shape index (κ1) is 9.37. The zero-order chi connectivity index (χ0) is 10.1. The summed E-state index contributed by atoms with van der Waals surface area (Å²) in [5.41, 5.74) is 13.8. The summed E-state index contributed by atoms with van der Waals surface area (Å²) < 4.78 is 0. The van der Waals surface area contributed by atoms with E-state index in [0.717, 1.165) is 33.7 Å². The Bertz CT molecular complexity index is 462. The summed E-state index contributed by atoms with van der Waals surface area (Å²) >= 11 is 6.16. The van der Waals surface area contributed by atoms with Gasteiger partial charge in [-0.05, 0) is 24.7 Å². The zero-order valence-electron chi connectivity index (χ0n) is 7.68. The van der Waals surface area contributed by atoms with Gasteiger partial charge in [0, 0.05) is 28.7 Å². The molecule has 0 aliphatic rings. The maximum atomic E-state index is 6.16. The van der Waals surface area contributed by atoms with Crippen molar-refractivity contribution in [2.75, 3.05) is 12.3 Å². The van der Waals surface area contributed by atoms with Crippen LogP contribution in [-0.4, -0.2) is 11.5 Å². The molecule has 0 fully saturated rings. The Hall–Kier alpha value is -1.19. The molecule has 0 spiro atoms. The average molecular weight is 210 g/mol. The van der Waals surface area contributed by atoms with Crippen molar-refractivity contribution in [3.63, 3.8) is 0 Å². The number of nitrogens with two attached hydrogens (primary N) is 2. The molecule has 0 aliphatic heterocycles. The molecule has 1 heterocycles. The molecule has 3 nitrogen and oxygen atoms in total. The highest BCUT2D eigenvalue weighted by Crippen LogP contribution is 2.28. The SMILES string of the molecule is NCCc1[nH]c2cc(N)ccc2c1Cl. The normalized spacial score (nSPS) is 11.0. The summed E-state index contributed by atoms with van der Waals surface area (Å²) in [4.78, 5) is 3.21. The minimum absolute atomic E-state index is 0.585. The predicted molar refractivity (Wildman–Crippen MR) is 60.5 cm³/mol. The molecule has 0 unspecified atom stereocenters. The highest BCUT2D eigenvalue weighted by molar-refractivity contribution is 6.36. The van der Waals surface area contributed by atoms with E-state index >= 15 is 0 Å². The van der Waals surface area contributed by atoms with E-state index in [1.165, 1.54) is 0 Å². The lowest BCUT2D eigenvalue weighted by Crippen LogP contribution is -2.02. The Labute approximate surface area is 87.0 Å². The van der Waals surface area contributed by atoms with E-state index in [0.29, 0.717) is 6.54 Å². The van der Waals surface area contributed by atoms with E-state index in [9.17, 15) is 0 Å². The number of aromatic amines is 1. The fourth-order valence-corrected chi connectivity index (χ4v) is 1.86. The molecule has 2 rings (SSSR count). The van der Waals surface area contributed by atoms with Gasteiger partial charge in [-0.15, -0.1) is 0 Å². The molecule has 0 radical (unpaired) electrons. The quantitative estimate of drug-likeness (QED) is 0.662. The van der Waals surface area contributed by atoms with Crippen LogP contribution in [0.2, 0.25) is 5.02 Å². The molecule has 0 amide bonds. The lowest BCUT2D eigenvalue weighted by atomic mass is 10.2. The summed E-state index contributed by atoms with van der Waals surface area (Å²) in [5.74, 6) is 0. The highest BCUT2D eigenvalue weighted by atomic mass is 35.5. The van der Waals surface area contributed by atoms with Crippen LogP contribution >= 0.6 is 11.6 Å². The number of fused-ring (bicyclic) bond motifs is 1. The molecule has 0 saturated carbocycles. The molecule has 14 heavy (non-hydrogen) atoms. The third kappa shape index (κ3) is 1.45. The zero-order valence-corrected chi connectivity index (χ0v) is 8.43. The Kier molecular flexibility index (Phi) is 2.35. The van der Waals surface area contributed by atoms with E-state index in [4.69, 9.17) is 23.1 Å². The lowest BCUT2D eigenvalue weighted by molar-refractivity contribution is 0.940. The van der Waals surface area contributed by atoms with E-state index in [1.807, 2.05) is 18.2 Å². The molecule has 0 bridgehead atoms. The van der Waals surface area contributed by atoms with Gasteiger partial charge in [0.05, 0.1) is 5.02 Å². The van der Waals surface area contributed by atoms with Crippen LogP contribution in [0.25, 0.3) is 10.9 Å². The minimum atomic E-state index is 0.585. The van der Waals surface area contributed by atoms with Gasteiger partial charge < -0.3 is 16.5 Å². The third-order valence-electron chi connectivity index (χ3n) is 2.22. The van der Waals surface area contributed by atoms with Crippen LogP contribution in [0.15, 0.2) is 18.2 Å². The van der Waals surface area contributed by atoms with Gasteiger partial charge in [-0.3, -0.25) is 0 Å². The van der Waals surface area contributed by atoms with Crippen LogP contribution in [0.4, 0.5) is 5.69 Å². The van der Waals surface area contributed by atoms with Crippen LogP contribution in [0.5, 0.6) is 0 Å². The van der Waals surface area contributed by atoms with Crippen LogP contribution < -0.4 is 11.5 Å². The van der Waals surface area contributed by atoms with E-state index < -0.39 is 0 Å². The first-order chi connectivity index (χ1) is 6.72. The number of hydrogen-bond donors (Lipinski definition) is 3. The molecular weight excluding hydrogens is 198 g/mol. The Morgan fingerprint density at radius 2 is 2.14 bits per heavy atom. The molecule has 5 N–H and O–H groups in total. The summed E-state index contributed by atoms with van der Waals surface area (Å²) in [6.07, 6.45) is 0.757. The number of hydrogen-bond acceptors (Lipinski definition) is 2. The number of benzene rings is 1. The predicted octanol–water partition coefficient (Wildman–Crippen LogP) is 1.90. The van der Waals surface area contributed by atoms with Crippen LogP contribution in [-0.2, 0) is 6.42 Å². The number of H-pyrrole nitrogens is 1. The second kappa shape index (κ2) is 3.52. The average Bonchev–Trinajstić information content (AvgIpc) is 2.44. The van der Waals surface area contributed by atoms with Crippen molar-refractivity contribution >= 4 is 28.2 Å². The first-order valence-corrected chi connectivity index (χ1v) is 4.86. The monoisotopic (exact) mass is 209 g/mol. The Morgan fingerprint density at radius 1 is 1.36 bits per heavy atom. The molecular formula is C10H12ClN3. The molecule has 0 aliphatic carbocycles. The standard InChI is InChI=1S/C10H12ClN3/c11-10-7-2-1-6(13)5-9(7)14-8(10)3-4-12/h1-2,5,14H,3-4,12-13H2. The molecule has 0 atom stereocenters. The van der Waals surface area contributed by atoms with Gasteiger partial charge in [-0.2, -0.15) is 0 Å². The summed E-state index contributed by atoms with van der Waals surface area (Å²) in [6, 6.07) is 5.64. The van der Waals surface area contributed by atoms with Crippen LogP contribution in [0.3, 0.4) is 0 Å². The molecule has 74 valence electrons. The molecule has 1 aromatic carbocycles. The van der Waals surface area contributed by atoms with E-state index in [1.54, 1.807) is 0 Å². The molecule has 2 aromatic rings. The second-order valence-corrected chi connectivity index (χ2v) is 3.64. The van der Waals surface area contributed by atoms with Gasteiger partial charge >= 0.3 is 0 Å². The fraction of sp³-hybridized carbons (Fsp3) is 0.200. The summed E-state index contributed by atoms with van der Waals surface area (Å²) in [6.45, 7) is 0.585. The molecule has 0 saturated heterocycles. The Balaban J connectivity index is 2.61. The van der Waals surface area contributed by atoms with Gasteiger partial charge in [-0.1, -0.05) is 11.6 Å². The van der Waals surface area contributed by atoms with Gasteiger partial charge in [0.15, 0.2) is 0 Å². The number of aromatic nitrogens is 1. The van der Waals surface area contributed by atoms with Crippen molar-refractivity contribution in [2.45, 2.75) is 6.42 Å². The highest BCUT2D eigenvalue weighted by Gasteiger charge is 2.08. The van der Waals surface area contributed by atoms with Crippen LogP contribution in [0.1, 0.15) is 5.69 Å². The van der Waals surface area contributed by atoms with Gasteiger partial charge in [0.1, 0.15) is 0 Å². The number of halogens is 1. The van der Waals surface area contributed by atoms with Gasteiger partial charge in [0.25, 0.3) is 0 Å². The number of rotatable bonds is 2. The van der Waals surface area contributed by atoms with Crippen molar-refractivity contribution in [3.05, 3.63) is 28.9 Å². The summed E-state index contributed by atoms with van der Waals surface area (Å²) in [7, 11) is 0.